The van der Waals surface area contributed by atoms with Crippen LogP contribution in [0.15, 0.2) is 42.0 Å². The molecule has 3 N–H and O–H groups in total. The van der Waals surface area contributed by atoms with Crippen molar-refractivity contribution in [1.29, 1.82) is 0 Å². The van der Waals surface area contributed by atoms with Gasteiger partial charge in [0.25, 0.3) is 5.91 Å². The van der Waals surface area contributed by atoms with Gasteiger partial charge in [-0.1, -0.05) is 84.9 Å². The van der Waals surface area contributed by atoms with Crippen LogP contribution in [0.2, 0.25) is 0 Å². The molecule has 38 heavy (non-hydrogen) atoms. The first-order valence-electron chi connectivity index (χ1n) is 12.7. The Bertz CT molecular complexity index is 1120. The Labute approximate surface area is 228 Å². The average molecular weight is 551 g/mol. The van der Waals surface area contributed by atoms with Gasteiger partial charge in [0.15, 0.2) is 0 Å². The number of nitrogens with zero attached hydrogens (tertiary/aromatic N) is 1. The minimum atomic E-state index is -3.72. The van der Waals surface area contributed by atoms with Gasteiger partial charge in [-0.15, -0.1) is 0 Å². The standard InChI is InChI=1S/C28H46N4O5S/c1-18(2)21(17-19(3)24(33)31-38(11,36)37)32(10)26(35)23(27(4,5)6)30-25(34)22(29-9)28(7,8)20-15-13-12-14-16-20/h12-18,21-23,29H,1-11H3,(H,30,34)(H,31,33). The van der Waals surface area contributed by atoms with Gasteiger partial charge in [0.1, 0.15) is 6.04 Å². The van der Waals surface area contributed by atoms with E-state index in [0.29, 0.717) is 0 Å². The van der Waals surface area contributed by atoms with Gasteiger partial charge in [-0.2, -0.15) is 0 Å². The van der Waals surface area contributed by atoms with E-state index < -0.39 is 44.9 Å². The second-order valence-electron chi connectivity index (χ2n) is 11.9. The molecular formula is C28H46N4O5S. The number of sulfonamides is 1. The van der Waals surface area contributed by atoms with Crippen LogP contribution < -0.4 is 15.4 Å². The van der Waals surface area contributed by atoms with Crippen LogP contribution in [-0.2, 0) is 29.8 Å². The predicted octanol–water partition coefficient (Wildman–Crippen LogP) is 2.59. The highest BCUT2D eigenvalue weighted by Crippen LogP contribution is 2.29. The zero-order chi connectivity index (χ0) is 29.6. The lowest BCUT2D eigenvalue weighted by Gasteiger charge is -2.40. The van der Waals surface area contributed by atoms with Crippen molar-refractivity contribution < 1.29 is 22.8 Å². The Balaban J connectivity index is 3.31. The van der Waals surface area contributed by atoms with E-state index in [9.17, 15) is 22.8 Å². The molecule has 1 aromatic rings. The molecule has 0 fully saturated rings. The molecule has 0 bridgehead atoms. The summed E-state index contributed by atoms with van der Waals surface area (Å²) in [7, 11) is -0.379. The second kappa shape index (κ2) is 12.9. The summed E-state index contributed by atoms with van der Waals surface area (Å²) in [6, 6.07) is 7.73. The maximum absolute atomic E-state index is 13.8. The van der Waals surface area contributed by atoms with Crippen molar-refractivity contribution >= 4 is 27.7 Å². The lowest BCUT2D eigenvalue weighted by Crippen LogP contribution is -2.61. The van der Waals surface area contributed by atoms with Gasteiger partial charge in [-0.3, -0.25) is 14.4 Å². The molecule has 3 atom stereocenters. The fraction of sp³-hybridized carbons (Fsp3) is 0.607. The Hall–Kier alpha value is -2.72. The quantitative estimate of drug-likeness (QED) is 0.364. The number of nitrogens with one attached hydrogen (secondary N) is 3. The molecule has 0 spiro atoms. The molecule has 0 radical (unpaired) electrons. The summed E-state index contributed by atoms with van der Waals surface area (Å²) in [4.78, 5) is 41.3. The number of rotatable bonds is 11. The van der Waals surface area contributed by atoms with E-state index in [0.717, 1.165) is 11.8 Å². The third kappa shape index (κ3) is 8.94. The normalized spacial score (nSPS) is 15.4. The number of carbonyl (C=O) groups is 3. The maximum atomic E-state index is 13.8. The van der Waals surface area contributed by atoms with E-state index in [1.54, 1.807) is 20.2 Å². The molecule has 3 unspecified atom stereocenters. The van der Waals surface area contributed by atoms with Crippen LogP contribution >= 0.6 is 0 Å². The van der Waals surface area contributed by atoms with Gasteiger partial charge in [0, 0.05) is 18.0 Å². The molecule has 0 aliphatic heterocycles. The zero-order valence-corrected chi connectivity index (χ0v) is 25.5. The monoisotopic (exact) mass is 550 g/mol. The maximum Gasteiger partial charge on any atom is 0.260 e. The lowest BCUT2D eigenvalue weighted by atomic mass is 9.76. The summed E-state index contributed by atoms with van der Waals surface area (Å²) in [6.07, 6.45) is 2.49. The highest BCUT2D eigenvalue weighted by Gasteiger charge is 2.41. The van der Waals surface area contributed by atoms with E-state index in [1.165, 1.54) is 11.8 Å². The third-order valence-electron chi connectivity index (χ3n) is 6.72. The van der Waals surface area contributed by atoms with Gasteiger partial charge >= 0.3 is 0 Å². The Kier molecular flexibility index (Phi) is 11.3. The van der Waals surface area contributed by atoms with Crippen LogP contribution in [0.25, 0.3) is 0 Å². The van der Waals surface area contributed by atoms with Gasteiger partial charge < -0.3 is 15.5 Å². The molecule has 3 amide bonds. The molecule has 0 heterocycles. The Morgan fingerprint density at radius 2 is 1.50 bits per heavy atom. The number of hydrogen-bond donors (Lipinski definition) is 3. The zero-order valence-electron chi connectivity index (χ0n) is 24.7. The minimum absolute atomic E-state index is 0.0941. The van der Waals surface area contributed by atoms with Crippen molar-refractivity contribution in [1.82, 2.24) is 20.3 Å². The molecule has 0 aliphatic carbocycles. The first kappa shape index (κ1) is 33.3. The van der Waals surface area contributed by atoms with Crippen LogP contribution in [-0.4, -0.2) is 69.5 Å². The fourth-order valence-corrected chi connectivity index (χ4v) is 4.91. The summed E-state index contributed by atoms with van der Waals surface area (Å²) < 4.78 is 24.9. The summed E-state index contributed by atoms with van der Waals surface area (Å²) in [5, 5.41) is 6.12. The number of hydrogen-bond acceptors (Lipinski definition) is 6. The predicted molar refractivity (Wildman–Crippen MR) is 152 cm³/mol. The molecule has 0 aromatic heterocycles. The van der Waals surface area contributed by atoms with E-state index in [-0.39, 0.29) is 23.3 Å². The summed E-state index contributed by atoms with van der Waals surface area (Å²) in [5.41, 5.74) is -0.0300. The first-order valence-corrected chi connectivity index (χ1v) is 14.6. The molecule has 0 saturated heterocycles. The largest absolute Gasteiger partial charge is 0.342 e. The second-order valence-corrected chi connectivity index (χ2v) is 13.6. The molecule has 9 nitrogen and oxygen atoms in total. The SMILES string of the molecule is CNC(C(=O)NC(C(=O)N(C)C(C=C(C)C(=O)NS(C)(=O)=O)C(C)C)C(C)(C)C)C(C)(C)c1ccccc1. The summed E-state index contributed by atoms with van der Waals surface area (Å²) >= 11 is 0. The molecule has 10 heteroatoms. The van der Waals surface area contributed by atoms with Crippen molar-refractivity contribution in [2.45, 2.75) is 78.9 Å². The Morgan fingerprint density at radius 3 is 1.92 bits per heavy atom. The summed E-state index contributed by atoms with van der Waals surface area (Å²) in [5.74, 6) is -1.46. The number of likely N-dealkylation sites (N-methyl/N-ethyl adjacent to an activating group) is 2. The highest BCUT2D eigenvalue weighted by atomic mass is 32.2. The molecule has 0 aliphatic rings. The minimum Gasteiger partial charge on any atom is -0.342 e. The number of carbonyl (C=O) groups excluding carboxylic acids is 3. The van der Waals surface area contributed by atoms with Crippen molar-refractivity contribution in [2.75, 3.05) is 20.4 Å². The highest BCUT2D eigenvalue weighted by molar-refractivity contribution is 7.89. The number of amides is 3. The third-order valence-corrected chi connectivity index (χ3v) is 7.28. The van der Waals surface area contributed by atoms with Gasteiger partial charge in [0.05, 0.1) is 18.3 Å². The van der Waals surface area contributed by atoms with Crippen LogP contribution in [0.1, 0.15) is 61.0 Å². The fourth-order valence-electron chi connectivity index (χ4n) is 4.41. The molecular weight excluding hydrogens is 504 g/mol. The van der Waals surface area contributed by atoms with Crippen molar-refractivity contribution in [3.63, 3.8) is 0 Å². The molecule has 1 aromatic carbocycles. The van der Waals surface area contributed by atoms with Crippen LogP contribution in [0.3, 0.4) is 0 Å². The van der Waals surface area contributed by atoms with Crippen LogP contribution in [0, 0.1) is 11.3 Å². The van der Waals surface area contributed by atoms with E-state index in [1.807, 2.05) is 83.5 Å². The van der Waals surface area contributed by atoms with Crippen LogP contribution in [0.4, 0.5) is 0 Å². The van der Waals surface area contributed by atoms with Gasteiger partial charge in [-0.25, -0.2) is 13.1 Å². The van der Waals surface area contributed by atoms with E-state index >= 15 is 0 Å². The average Bonchev–Trinajstić information content (AvgIpc) is 2.78. The molecule has 0 saturated carbocycles. The van der Waals surface area contributed by atoms with Crippen molar-refractivity contribution in [2.24, 2.45) is 11.3 Å². The lowest BCUT2D eigenvalue weighted by molar-refractivity contribution is -0.140. The van der Waals surface area contributed by atoms with Gasteiger partial charge in [0.2, 0.25) is 21.8 Å². The van der Waals surface area contributed by atoms with E-state index in [2.05, 4.69) is 10.6 Å². The smallest absolute Gasteiger partial charge is 0.260 e. The number of benzene rings is 1. The first-order chi connectivity index (χ1) is 17.2. The van der Waals surface area contributed by atoms with Crippen molar-refractivity contribution in [3.05, 3.63) is 47.5 Å². The molecule has 1 rings (SSSR count). The van der Waals surface area contributed by atoms with Gasteiger partial charge in [-0.05, 0) is 30.9 Å². The van der Waals surface area contributed by atoms with Crippen molar-refractivity contribution in [3.8, 4) is 0 Å². The van der Waals surface area contributed by atoms with Crippen LogP contribution in [0.5, 0.6) is 0 Å². The topological polar surface area (TPSA) is 125 Å². The summed E-state index contributed by atoms with van der Waals surface area (Å²) in [6.45, 7) is 14.9. The van der Waals surface area contributed by atoms with E-state index in [4.69, 9.17) is 0 Å². The Morgan fingerprint density at radius 1 is 0.974 bits per heavy atom. The molecule has 214 valence electrons.